The van der Waals surface area contributed by atoms with Crippen molar-refractivity contribution in [1.29, 1.82) is 0 Å². The summed E-state index contributed by atoms with van der Waals surface area (Å²) in [6, 6.07) is 8.11. The lowest BCUT2D eigenvalue weighted by molar-refractivity contribution is 0.398. The zero-order chi connectivity index (χ0) is 17.2. The van der Waals surface area contributed by atoms with Crippen LogP contribution in [0.15, 0.2) is 42.8 Å². The fourth-order valence-electron chi connectivity index (χ4n) is 2.96. The number of benzene rings is 1. The molecule has 0 saturated carbocycles. The molecule has 6 nitrogen and oxygen atoms in total. The molecular weight excluding hydrogens is 302 g/mol. The molecule has 0 aliphatic carbocycles. The molecule has 1 saturated heterocycles. The highest BCUT2D eigenvalue weighted by Crippen LogP contribution is 2.29. The highest BCUT2D eigenvalue weighted by molar-refractivity contribution is 5.92. The summed E-state index contributed by atoms with van der Waals surface area (Å²) in [6.45, 7) is 3.76. The summed E-state index contributed by atoms with van der Waals surface area (Å²) in [4.78, 5) is 15.4. The van der Waals surface area contributed by atoms with Crippen molar-refractivity contribution in [3.8, 4) is 17.0 Å². The van der Waals surface area contributed by atoms with Gasteiger partial charge in [-0.1, -0.05) is 6.07 Å². The van der Waals surface area contributed by atoms with Crippen molar-refractivity contribution in [1.82, 2.24) is 20.3 Å². The summed E-state index contributed by atoms with van der Waals surface area (Å²) in [5.74, 6) is 1.29. The van der Waals surface area contributed by atoms with E-state index >= 15 is 0 Å². The first-order valence-corrected chi connectivity index (χ1v) is 7.98. The zero-order valence-corrected chi connectivity index (χ0v) is 13.5. The van der Waals surface area contributed by atoms with E-state index in [2.05, 4.69) is 31.2 Å². The molecule has 1 N–H and O–H groups in total. The number of piperazine rings is 1. The van der Waals surface area contributed by atoms with E-state index in [9.17, 15) is 0 Å². The van der Waals surface area contributed by atoms with Gasteiger partial charge in [0.25, 0.3) is 0 Å². The molecule has 0 radical (unpaired) electrons. The first-order valence-electron chi connectivity index (χ1n) is 8.48. The number of rotatable bonds is 3. The molecule has 2 aromatic heterocycles. The lowest BCUT2D eigenvalue weighted by Gasteiger charge is -2.29. The van der Waals surface area contributed by atoms with Gasteiger partial charge in [-0.25, -0.2) is 15.0 Å². The number of aromatic nitrogens is 3. The van der Waals surface area contributed by atoms with Crippen molar-refractivity contribution in [2.75, 3.05) is 38.2 Å². The topological polar surface area (TPSA) is 63.2 Å². The quantitative estimate of drug-likeness (QED) is 0.797. The molecule has 1 aliphatic rings. The summed E-state index contributed by atoms with van der Waals surface area (Å²) < 4.78 is 13.1. The van der Waals surface area contributed by atoms with Crippen molar-refractivity contribution in [2.24, 2.45) is 0 Å². The molecule has 0 atom stereocenters. The predicted octanol–water partition coefficient (Wildman–Crippen LogP) is 2.11. The number of hydrogen-bond donors (Lipinski definition) is 1. The first-order chi connectivity index (χ1) is 12.3. The zero-order valence-electron chi connectivity index (χ0n) is 14.5. The second-order valence-electron chi connectivity index (χ2n) is 5.68. The molecule has 3 aromatic rings. The SMILES string of the molecule is [2H]c1cc(-c2ccc3ncnc(N4CCNCC4)c3c2)cnc1OC. The van der Waals surface area contributed by atoms with E-state index in [1.807, 2.05) is 12.1 Å². The minimum Gasteiger partial charge on any atom is -0.481 e. The van der Waals surface area contributed by atoms with Gasteiger partial charge in [-0.2, -0.15) is 0 Å². The van der Waals surface area contributed by atoms with Gasteiger partial charge in [-0.3, -0.25) is 0 Å². The van der Waals surface area contributed by atoms with Crippen molar-refractivity contribution in [3.63, 3.8) is 0 Å². The Morgan fingerprint density at radius 3 is 2.79 bits per heavy atom. The number of fused-ring (bicyclic) bond motifs is 1. The third-order valence-corrected chi connectivity index (χ3v) is 4.23. The second kappa shape index (κ2) is 6.41. The molecule has 0 spiro atoms. The van der Waals surface area contributed by atoms with E-state index in [-0.39, 0.29) is 6.04 Å². The molecule has 0 bridgehead atoms. The number of pyridine rings is 1. The largest absolute Gasteiger partial charge is 0.481 e. The molecule has 24 heavy (non-hydrogen) atoms. The van der Waals surface area contributed by atoms with Crippen molar-refractivity contribution < 1.29 is 6.11 Å². The second-order valence-corrected chi connectivity index (χ2v) is 5.68. The van der Waals surface area contributed by atoms with Gasteiger partial charge >= 0.3 is 0 Å². The normalized spacial score (nSPS) is 15.4. The number of ether oxygens (including phenoxy) is 1. The highest BCUT2D eigenvalue weighted by Gasteiger charge is 2.15. The van der Waals surface area contributed by atoms with Crippen LogP contribution in [-0.4, -0.2) is 48.2 Å². The van der Waals surface area contributed by atoms with E-state index in [0.29, 0.717) is 5.88 Å². The maximum Gasteiger partial charge on any atom is 0.212 e. The van der Waals surface area contributed by atoms with Crippen LogP contribution in [0.25, 0.3) is 22.0 Å². The van der Waals surface area contributed by atoms with Crippen LogP contribution >= 0.6 is 0 Å². The Hall–Kier alpha value is -2.73. The van der Waals surface area contributed by atoms with E-state index < -0.39 is 0 Å². The Morgan fingerprint density at radius 1 is 1.12 bits per heavy atom. The molecule has 1 aromatic carbocycles. The molecule has 4 rings (SSSR count). The number of anilines is 1. The maximum atomic E-state index is 8.00. The van der Waals surface area contributed by atoms with Gasteiger partial charge in [0.05, 0.1) is 14.0 Å². The number of methoxy groups -OCH3 is 1. The van der Waals surface area contributed by atoms with Gasteiger partial charge in [-0.05, 0) is 23.8 Å². The molecule has 0 unspecified atom stereocenters. The van der Waals surface area contributed by atoms with Gasteiger partial charge in [-0.15, -0.1) is 0 Å². The van der Waals surface area contributed by atoms with Gasteiger partial charge in [0, 0.05) is 49.4 Å². The van der Waals surface area contributed by atoms with Gasteiger partial charge in [0.1, 0.15) is 12.1 Å². The minimum atomic E-state index is 0.270. The lowest BCUT2D eigenvalue weighted by Crippen LogP contribution is -2.44. The smallest absolute Gasteiger partial charge is 0.212 e. The van der Waals surface area contributed by atoms with Gasteiger partial charge < -0.3 is 15.0 Å². The molecule has 1 aliphatic heterocycles. The molecule has 122 valence electrons. The van der Waals surface area contributed by atoms with Gasteiger partial charge in [0.15, 0.2) is 0 Å². The Morgan fingerprint density at radius 2 is 2.00 bits per heavy atom. The van der Waals surface area contributed by atoms with Crippen LogP contribution in [-0.2, 0) is 0 Å². The number of nitrogens with one attached hydrogen (secondary N) is 1. The minimum absolute atomic E-state index is 0.270. The van der Waals surface area contributed by atoms with Crippen LogP contribution in [0.2, 0.25) is 0 Å². The Balaban J connectivity index is 1.80. The van der Waals surface area contributed by atoms with E-state index in [0.717, 1.165) is 54.0 Å². The van der Waals surface area contributed by atoms with Crippen LogP contribution in [0.5, 0.6) is 5.88 Å². The summed E-state index contributed by atoms with van der Waals surface area (Å²) in [6.07, 6.45) is 3.35. The summed E-state index contributed by atoms with van der Waals surface area (Å²) in [5, 5.41) is 4.38. The maximum absolute atomic E-state index is 8.00. The number of hydrogen-bond acceptors (Lipinski definition) is 6. The Labute approximate surface area is 141 Å². The highest BCUT2D eigenvalue weighted by atomic mass is 16.5. The Kier molecular flexibility index (Phi) is 3.65. The first kappa shape index (κ1) is 13.7. The third kappa shape index (κ3) is 2.76. The molecule has 0 amide bonds. The van der Waals surface area contributed by atoms with Crippen LogP contribution < -0.4 is 15.0 Å². The molecule has 6 heteroatoms. The Bertz CT molecular complexity index is 911. The fourth-order valence-corrected chi connectivity index (χ4v) is 2.96. The average Bonchev–Trinajstić information content (AvgIpc) is 2.67. The van der Waals surface area contributed by atoms with Gasteiger partial charge in [0.2, 0.25) is 5.88 Å². The fraction of sp³-hybridized carbons (Fsp3) is 0.278. The van der Waals surface area contributed by atoms with Crippen LogP contribution in [0.4, 0.5) is 5.82 Å². The van der Waals surface area contributed by atoms with Crippen molar-refractivity contribution in [3.05, 3.63) is 42.8 Å². The standard InChI is InChI=1S/C18H19N5O/c1-24-17-5-3-14(11-20-17)13-2-4-16-15(10-13)18(22-12-21-16)23-8-6-19-7-9-23/h2-5,10-12,19H,6-9H2,1H3/i5D. The molecule has 1 fully saturated rings. The third-order valence-electron chi connectivity index (χ3n) is 4.23. The lowest BCUT2D eigenvalue weighted by atomic mass is 10.0. The summed E-state index contributed by atoms with van der Waals surface area (Å²) in [7, 11) is 1.52. The average molecular weight is 322 g/mol. The summed E-state index contributed by atoms with van der Waals surface area (Å²) in [5.41, 5.74) is 2.78. The van der Waals surface area contributed by atoms with Crippen LogP contribution in [0, 0.1) is 0 Å². The van der Waals surface area contributed by atoms with Crippen LogP contribution in [0.1, 0.15) is 1.37 Å². The molecule has 3 heterocycles. The van der Waals surface area contributed by atoms with E-state index in [1.165, 1.54) is 7.11 Å². The van der Waals surface area contributed by atoms with Crippen molar-refractivity contribution >= 4 is 16.7 Å². The van der Waals surface area contributed by atoms with E-state index in [1.54, 1.807) is 18.6 Å². The monoisotopic (exact) mass is 322 g/mol. The predicted molar refractivity (Wildman–Crippen MR) is 94.4 cm³/mol. The summed E-state index contributed by atoms with van der Waals surface area (Å²) >= 11 is 0. The van der Waals surface area contributed by atoms with Crippen molar-refractivity contribution in [2.45, 2.75) is 0 Å². The molecular formula is C18H19N5O. The van der Waals surface area contributed by atoms with E-state index in [4.69, 9.17) is 6.11 Å². The number of nitrogens with zero attached hydrogens (tertiary/aromatic N) is 4. The van der Waals surface area contributed by atoms with Crippen LogP contribution in [0.3, 0.4) is 0 Å².